The van der Waals surface area contributed by atoms with Gasteiger partial charge < -0.3 is 4.74 Å². The molecule has 1 aromatic rings. The molecule has 0 aliphatic rings. The molecule has 0 bridgehead atoms. The highest BCUT2D eigenvalue weighted by Gasteiger charge is 2.06. The van der Waals surface area contributed by atoms with Gasteiger partial charge in [0.1, 0.15) is 5.75 Å². The van der Waals surface area contributed by atoms with Crippen LogP contribution in [0, 0.1) is 0 Å². The Morgan fingerprint density at radius 2 is 1.85 bits per heavy atom. The highest BCUT2D eigenvalue weighted by Crippen LogP contribution is 2.31. The fourth-order valence-electron chi connectivity index (χ4n) is 1.11. The van der Waals surface area contributed by atoms with Gasteiger partial charge in [-0.3, -0.25) is 0 Å². The fraction of sp³-hybridized carbons (Fsp3) is 0.400. The van der Waals surface area contributed by atoms with E-state index in [1.54, 1.807) is 6.07 Å². The van der Waals surface area contributed by atoms with Gasteiger partial charge in [0.05, 0.1) is 11.6 Å². The van der Waals surface area contributed by atoms with Crippen LogP contribution in [0.5, 0.6) is 5.75 Å². The van der Waals surface area contributed by atoms with Gasteiger partial charge in [-0.15, -0.1) is 0 Å². The minimum absolute atomic E-state index is 0.599. The number of hydrogen-bond donors (Lipinski definition) is 0. The average Bonchev–Trinajstić information content (AvgIpc) is 2.11. The minimum atomic E-state index is 0.599. The van der Waals surface area contributed by atoms with Crippen LogP contribution in [0.4, 0.5) is 0 Å². The van der Waals surface area contributed by atoms with Gasteiger partial charge >= 0.3 is 0 Å². The van der Waals surface area contributed by atoms with E-state index in [1.165, 1.54) is 0 Å². The summed E-state index contributed by atoms with van der Waals surface area (Å²) in [7, 11) is 0. The fourth-order valence-corrected chi connectivity index (χ4v) is 1.63. The lowest BCUT2D eigenvalue weighted by atomic mass is 10.1. The van der Waals surface area contributed by atoms with E-state index >= 15 is 0 Å². The van der Waals surface area contributed by atoms with Crippen molar-refractivity contribution in [1.82, 2.24) is 0 Å². The highest BCUT2D eigenvalue weighted by molar-refractivity contribution is 6.34. The second-order valence-electron chi connectivity index (χ2n) is 2.66. The van der Waals surface area contributed by atoms with Crippen molar-refractivity contribution in [3.05, 3.63) is 27.7 Å². The Hall–Kier alpha value is -0.400. The molecule has 13 heavy (non-hydrogen) atoms. The summed E-state index contributed by atoms with van der Waals surface area (Å²) in [5.41, 5.74) is 1.05. The predicted molar refractivity (Wildman–Crippen MR) is 57.0 cm³/mol. The zero-order chi connectivity index (χ0) is 9.84. The molecule has 0 atom stereocenters. The molecular formula is C10H12Cl2O. The Balaban J connectivity index is 3.05. The topological polar surface area (TPSA) is 9.23 Å². The molecule has 0 heterocycles. The first-order valence-corrected chi connectivity index (χ1v) is 5.05. The number of benzene rings is 1. The summed E-state index contributed by atoms with van der Waals surface area (Å²) in [5.74, 6) is 0.659. The molecule has 1 rings (SSSR count). The van der Waals surface area contributed by atoms with E-state index in [0.717, 1.165) is 17.0 Å². The second kappa shape index (κ2) is 4.73. The summed E-state index contributed by atoms with van der Waals surface area (Å²) < 4.78 is 5.30. The smallest absolute Gasteiger partial charge is 0.139 e. The highest BCUT2D eigenvalue weighted by atomic mass is 35.5. The van der Waals surface area contributed by atoms with Crippen molar-refractivity contribution in [1.29, 1.82) is 0 Å². The maximum atomic E-state index is 6.00. The van der Waals surface area contributed by atoms with Crippen molar-refractivity contribution >= 4 is 23.2 Å². The van der Waals surface area contributed by atoms with Crippen LogP contribution in [-0.2, 0) is 6.42 Å². The van der Waals surface area contributed by atoms with Crippen LogP contribution < -0.4 is 4.74 Å². The summed E-state index contributed by atoms with van der Waals surface area (Å²) in [6.45, 7) is 4.55. The van der Waals surface area contributed by atoms with Crippen molar-refractivity contribution in [3.8, 4) is 5.75 Å². The standard InChI is InChI=1S/C10H12Cl2O/c1-3-7-5-9(12)10(13-4-2)6-8(7)11/h5-6H,3-4H2,1-2H3. The van der Waals surface area contributed by atoms with Crippen molar-refractivity contribution in [3.63, 3.8) is 0 Å². The van der Waals surface area contributed by atoms with Crippen LogP contribution in [0.25, 0.3) is 0 Å². The first-order valence-electron chi connectivity index (χ1n) is 4.29. The number of halogens is 2. The van der Waals surface area contributed by atoms with Crippen molar-refractivity contribution in [2.45, 2.75) is 20.3 Å². The normalized spacial score (nSPS) is 10.2. The summed E-state index contributed by atoms with van der Waals surface area (Å²) in [5, 5.41) is 1.35. The second-order valence-corrected chi connectivity index (χ2v) is 3.48. The summed E-state index contributed by atoms with van der Waals surface area (Å²) in [6.07, 6.45) is 0.880. The summed E-state index contributed by atoms with van der Waals surface area (Å²) in [4.78, 5) is 0. The lowest BCUT2D eigenvalue weighted by Crippen LogP contribution is -1.93. The molecule has 0 N–H and O–H groups in total. The van der Waals surface area contributed by atoms with E-state index in [9.17, 15) is 0 Å². The zero-order valence-corrected chi connectivity index (χ0v) is 9.24. The Morgan fingerprint density at radius 1 is 1.15 bits per heavy atom. The van der Waals surface area contributed by atoms with Gasteiger partial charge in [-0.2, -0.15) is 0 Å². The van der Waals surface area contributed by atoms with Gasteiger partial charge in [0.2, 0.25) is 0 Å². The van der Waals surface area contributed by atoms with Crippen LogP contribution in [0.1, 0.15) is 19.4 Å². The first kappa shape index (κ1) is 10.7. The molecule has 0 fully saturated rings. The number of aryl methyl sites for hydroxylation is 1. The molecule has 0 aromatic heterocycles. The lowest BCUT2D eigenvalue weighted by Gasteiger charge is -2.08. The predicted octanol–water partition coefficient (Wildman–Crippen LogP) is 3.95. The number of ether oxygens (including phenoxy) is 1. The van der Waals surface area contributed by atoms with Crippen LogP contribution in [0.3, 0.4) is 0 Å². The third-order valence-corrected chi connectivity index (χ3v) is 2.43. The van der Waals surface area contributed by atoms with Crippen LogP contribution in [-0.4, -0.2) is 6.61 Å². The molecular weight excluding hydrogens is 207 g/mol. The van der Waals surface area contributed by atoms with Crippen LogP contribution in [0.15, 0.2) is 12.1 Å². The third-order valence-electron chi connectivity index (χ3n) is 1.78. The third kappa shape index (κ3) is 2.52. The molecule has 0 radical (unpaired) electrons. The van der Waals surface area contributed by atoms with E-state index < -0.39 is 0 Å². The molecule has 0 unspecified atom stereocenters. The molecule has 0 amide bonds. The molecule has 1 aromatic carbocycles. The Labute approximate surface area is 88.6 Å². The Bertz CT molecular complexity index is 297. The molecule has 0 spiro atoms. The number of rotatable bonds is 3. The SMILES string of the molecule is CCOc1cc(Cl)c(CC)cc1Cl. The zero-order valence-electron chi connectivity index (χ0n) is 7.73. The minimum Gasteiger partial charge on any atom is -0.492 e. The van der Waals surface area contributed by atoms with Crippen LogP contribution in [0.2, 0.25) is 10.0 Å². The monoisotopic (exact) mass is 218 g/mol. The van der Waals surface area contributed by atoms with E-state index in [1.807, 2.05) is 19.9 Å². The lowest BCUT2D eigenvalue weighted by molar-refractivity contribution is 0.340. The molecule has 0 saturated carbocycles. The summed E-state index contributed by atoms with van der Waals surface area (Å²) in [6, 6.07) is 3.63. The molecule has 1 nitrogen and oxygen atoms in total. The van der Waals surface area contributed by atoms with Gasteiger partial charge in [0.15, 0.2) is 0 Å². The van der Waals surface area contributed by atoms with E-state index in [0.29, 0.717) is 17.4 Å². The van der Waals surface area contributed by atoms with Gasteiger partial charge in [-0.05, 0) is 25.0 Å². The van der Waals surface area contributed by atoms with Crippen molar-refractivity contribution in [2.75, 3.05) is 6.61 Å². The van der Waals surface area contributed by atoms with E-state index in [2.05, 4.69) is 0 Å². The quantitative estimate of drug-likeness (QED) is 0.747. The Morgan fingerprint density at radius 3 is 2.38 bits per heavy atom. The molecule has 0 saturated heterocycles. The molecule has 0 aliphatic heterocycles. The molecule has 72 valence electrons. The molecule has 0 aliphatic carbocycles. The average molecular weight is 219 g/mol. The maximum absolute atomic E-state index is 6.00. The number of hydrogen-bond acceptors (Lipinski definition) is 1. The summed E-state index contributed by atoms with van der Waals surface area (Å²) >= 11 is 12.0. The van der Waals surface area contributed by atoms with Gasteiger partial charge in [-0.25, -0.2) is 0 Å². The molecule has 3 heteroatoms. The van der Waals surface area contributed by atoms with Crippen molar-refractivity contribution in [2.24, 2.45) is 0 Å². The largest absolute Gasteiger partial charge is 0.492 e. The van der Waals surface area contributed by atoms with Crippen LogP contribution >= 0.6 is 23.2 Å². The Kier molecular flexibility index (Phi) is 3.89. The van der Waals surface area contributed by atoms with Gasteiger partial charge in [0.25, 0.3) is 0 Å². The van der Waals surface area contributed by atoms with E-state index in [4.69, 9.17) is 27.9 Å². The van der Waals surface area contributed by atoms with Gasteiger partial charge in [-0.1, -0.05) is 30.1 Å². The van der Waals surface area contributed by atoms with Crippen molar-refractivity contribution < 1.29 is 4.74 Å². The maximum Gasteiger partial charge on any atom is 0.139 e. The van der Waals surface area contributed by atoms with Gasteiger partial charge in [0, 0.05) is 11.1 Å². The first-order chi connectivity index (χ1) is 6.19. The van der Waals surface area contributed by atoms with E-state index in [-0.39, 0.29) is 0 Å².